The van der Waals surface area contributed by atoms with E-state index in [1.54, 1.807) is 29.2 Å². The average molecular weight is 361 g/mol. The van der Waals surface area contributed by atoms with Gasteiger partial charge in [-0.3, -0.25) is 0 Å². The Morgan fingerprint density at radius 1 is 1.16 bits per heavy atom. The van der Waals surface area contributed by atoms with Gasteiger partial charge in [0, 0.05) is 17.3 Å². The second-order valence-electron chi connectivity index (χ2n) is 7.31. The molecule has 1 atom stereocenters. The summed E-state index contributed by atoms with van der Waals surface area (Å²) < 4.78 is 0. The van der Waals surface area contributed by atoms with Crippen molar-refractivity contribution in [2.75, 3.05) is 18.4 Å². The van der Waals surface area contributed by atoms with Gasteiger partial charge in [0.1, 0.15) is 0 Å². The number of hydrogen-bond donors (Lipinski definition) is 2. The molecule has 2 aromatic carbocycles. The Hall–Kier alpha value is -2.04. The first kappa shape index (κ1) is 19.3. The molecule has 2 rings (SSSR count). The molecule has 0 heterocycles. The molecule has 2 aromatic rings. The summed E-state index contributed by atoms with van der Waals surface area (Å²) in [6.45, 7) is 6.90. The van der Waals surface area contributed by atoms with Crippen LogP contribution in [-0.2, 0) is 0 Å². The van der Waals surface area contributed by atoms with Gasteiger partial charge in [-0.25, -0.2) is 4.79 Å². The number of carbonyl (C=O) groups excluding carboxylic acids is 1. The number of rotatable bonds is 5. The molecule has 0 radical (unpaired) electrons. The monoisotopic (exact) mass is 360 g/mol. The van der Waals surface area contributed by atoms with Crippen molar-refractivity contribution in [2.45, 2.75) is 26.9 Å². The number of aliphatic hydroxyl groups is 1. The summed E-state index contributed by atoms with van der Waals surface area (Å²) in [7, 11) is 0. The molecule has 134 valence electrons. The molecule has 2 amide bonds. The lowest BCUT2D eigenvalue weighted by Crippen LogP contribution is -2.42. The number of nitrogens with one attached hydrogen (secondary N) is 1. The minimum absolute atomic E-state index is 0.0952. The maximum absolute atomic E-state index is 12.7. The highest BCUT2D eigenvalue weighted by Gasteiger charge is 2.24. The van der Waals surface area contributed by atoms with Crippen molar-refractivity contribution in [3.05, 3.63) is 65.2 Å². The maximum Gasteiger partial charge on any atom is 0.321 e. The molecule has 25 heavy (non-hydrogen) atoms. The van der Waals surface area contributed by atoms with Gasteiger partial charge in [-0.2, -0.15) is 0 Å². The van der Waals surface area contributed by atoms with Crippen LogP contribution in [0.5, 0.6) is 0 Å². The van der Waals surface area contributed by atoms with Crippen molar-refractivity contribution in [3.63, 3.8) is 0 Å². The fraction of sp³-hybridized carbons (Fsp3) is 0.350. The molecule has 0 fully saturated rings. The van der Waals surface area contributed by atoms with Crippen LogP contribution < -0.4 is 5.32 Å². The SMILES string of the molecule is CC(C)(C)CN(C[C@H](O)c1ccccc1)C(=O)Nc1cccc(Cl)c1. The zero-order valence-corrected chi connectivity index (χ0v) is 15.6. The van der Waals surface area contributed by atoms with E-state index in [9.17, 15) is 9.90 Å². The van der Waals surface area contributed by atoms with Crippen LogP contribution in [0.15, 0.2) is 54.6 Å². The summed E-state index contributed by atoms with van der Waals surface area (Å²) in [5.74, 6) is 0. The second-order valence-corrected chi connectivity index (χ2v) is 7.74. The molecule has 0 aliphatic rings. The molecule has 5 heteroatoms. The van der Waals surface area contributed by atoms with E-state index < -0.39 is 6.10 Å². The Bertz CT molecular complexity index is 698. The van der Waals surface area contributed by atoms with Crippen LogP contribution in [0.1, 0.15) is 32.4 Å². The number of benzene rings is 2. The van der Waals surface area contributed by atoms with E-state index in [4.69, 9.17) is 11.6 Å². The minimum atomic E-state index is -0.742. The van der Waals surface area contributed by atoms with Gasteiger partial charge in [0.15, 0.2) is 0 Å². The highest BCUT2D eigenvalue weighted by molar-refractivity contribution is 6.30. The van der Waals surface area contributed by atoms with Gasteiger partial charge < -0.3 is 15.3 Å². The van der Waals surface area contributed by atoms with Crippen molar-refractivity contribution >= 4 is 23.3 Å². The van der Waals surface area contributed by atoms with Crippen molar-refractivity contribution in [1.82, 2.24) is 4.90 Å². The third-order valence-corrected chi connectivity index (χ3v) is 3.84. The fourth-order valence-corrected chi connectivity index (χ4v) is 2.74. The number of hydrogen-bond acceptors (Lipinski definition) is 2. The number of urea groups is 1. The summed E-state index contributed by atoms with van der Waals surface area (Å²) in [6.07, 6.45) is -0.742. The molecule has 0 unspecified atom stereocenters. The predicted octanol–water partition coefficient (Wildman–Crippen LogP) is 4.95. The number of amides is 2. The average Bonchev–Trinajstić information content (AvgIpc) is 2.53. The first-order valence-electron chi connectivity index (χ1n) is 8.29. The van der Waals surface area contributed by atoms with E-state index in [0.29, 0.717) is 17.3 Å². The van der Waals surface area contributed by atoms with Crippen molar-refractivity contribution in [2.24, 2.45) is 5.41 Å². The first-order valence-corrected chi connectivity index (χ1v) is 8.67. The molecule has 2 N–H and O–H groups in total. The zero-order valence-electron chi connectivity index (χ0n) is 14.9. The fourth-order valence-electron chi connectivity index (χ4n) is 2.55. The van der Waals surface area contributed by atoms with Crippen LogP contribution in [0.25, 0.3) is 0 Å². The molecule has 0 aliphatic carbocycles. The Balaban J connectivity index is 2.13. The largest absolute Gasteiger partial charge is 0.387 e. The van der Waals surface area contributed by atoms with Crippen molar-refractivity contribution in [3.8, 4) is 0 Å². The molecule has 0 aromatic heterocycles. The lowest BCUT2D eigenvalue weighted by Gasteiger charge is -2.31. The molecular formula is C20H25ClN2O2. The molecular weight excluding hydrogens is 336 g/mol. The van der Waals surface area contributed by atoms with Crippen LogP contribution in [0.2, 0.25) is 5.02 Å². The lowest BCUT2D eigenvalue weighted by molar-refractivity contribution is 0.110. The van der Waals surface area contributed by atoms with Crippen molar-refractivity contribution in [1.29, 1.82) is 0 Å². The number of halogens is 1. The summed E-state index contributed by atoms with van der Waals surface area (Å²) >= 11 is 5.97. The van der Waals surface area contributed by atoms with E-state index in [2.05, 4.69) is 26.1 Å². The van der Waals surface area contributed by atoms with Gasteiger partial charge >= 0.3 is 6.03 Å². The molecule has 0 aliphatic heterocycles. The first-order chi connectivity index (χ1) is 11.7. The van der Waals surface area contributed by atoms with Gasteiger partial charge in [-0.05, 0) is 29.2 Å². The van der Waals surface area contributed by atoms with Crippen LogP contribution in [0.4, 0.5) is 10.5 Å². The predicted molar refractivity (Wildman–Crippen MR) is 103 cm³/mol. The van der Waals surface area contributed by atoms with Gasteiger partial charge in [-0.1, -0.05) is 68.8 Å². The number of carbonyl (C=O) groups is 1. The molecule has 4 nitrogen and oxygen atoms in total. The molecule has 0 saturated heterocycles. The van der Waals surface area contributed by atoms with Crippen LogP contribution in [0, 0.1) is 5.41 Å². The third-order valence-electron chi connectivity index (χ3n) is 3.61. The smallest absolute Gasteiger partial charge is 0.321 e. The molecule has 0 bridgehead atoms. The summed E-state index contributed by atoms with van der Waals surface area (Å²) in [5.41, 5.74) is 1.32. The Morgan fingerprint density at radius 2 is 1.84 bits per heavy atom. The van der Waals surface area contributed by atoms with E-state index in [-0.39, 0.29) is 18.0 Å². The van der Waals surface area contributed by atoms with E-state index in [1.807, 2.05) is 30.3 Å². The van der Waals surface area contributed by atoms with Crippen LogP contribution in [-0.4, -0.2) is 29.1 Å². The standard InChI is InChI=1S/C20H25ClN2O2/c1-20(2,3)14-23(13-18(24)15-8-5-4-6-9-15)19(25)22-17-11-7-10-16(21)12-17/h4-12,18,24H,13-14H2,1-3H3,(H,22,25)/t18-/m0/s1. The summed E-state index contributed by atoms with van der Waals surface area (Å²) in [4.78, 5) is 14.4. The zero-order chi connectivity index (χ0) is 18.4. The topological polar surface area (TPSA) is 52.6 Å². The quantitative estimate of drug-likeness (QED) is 0.792. The van der Waals surface area contributed by atoms with Gasteiger partial charge in [0.05, 0.1) is 12.6 Å². The number of anilines is 1. The Labute approximate surface area is 154 Å². The number of aliphatic hydroxyl groups excluding tert-OH is 1. The summed E-state index contributed by atoms with van der Waals surface area (Å²) in [6, 6.07) is 16.1. The highest BCUT2D eigenvalue weighted by Crippen LogP contribution is 2.21. The van der Waals surface area contributed by atoms with Gasteiger partial charge in [-0.15, -0.1) is 0 Å². The lowest BCUT2D eigenvalue weighted by atomic mass is 9.95. The van der Waals surface area contributed by atoms with Crippen LogP contribution >= 0.6 is 11.6 Å². The number of nitrogens with zero attached hydrogens (tertiary/aromatic N) is 1. The van der Waals surface area contributed by atoms with Gasteiger partial charge in [0.2, 0.25) is 0 Å². The summed E-state index contributed by atoms with van der Waals surface area (Å²) in [5, 5.41) is 13.9. The second kappa shape index (κ2) is 8.37. The van der Waals surface area contributed by atoms with Crippen LogP contribution in [0.3, 0.4) is 0 Å². The normalized spacial score (nSPS) is 12.5. The van der Waals surface area contributed by atoms with Gasteiger partial charge in [0.25, 0.3) is 0 Å². The van der Waals surface area contributed by atoms with E-state index in [0.717, 1.165) is 5.56 Å². The Morgan fingerprint density at radius 3 is 2.44 bits per heavy atom. The highest BCUT2D eigenvalue weighted by atomic mass is 35.5. The van der Waals surface area contributed by atoms with E-state index >= 15 is 0 Å². The Kier molecular flexibility index (Phi) is 6.45. The van der Waals surface area contributed by atoms with Crippen molar-refractivity contribution < 1.29 is 9.90 Å². The minimum Gasteiger partial charge on any atom is -0.387 e. The van der Waals surface area contributed by atoms with E-state index in [1.165, 1.54) is 0 Å². The molecule has 0 saturated carbocycles. The maximum atomic E-state index is 12.7. The molecule has 0 spiro atoms. The third kappa shape index (κ3) is 6.40.